The van der Waals surface area contributed by atoms with Crippen LogP contribution in [0.4, 0.5) is 10.5 Å². The molecule has 2 rings (SSSR count). The van der Waals surface area contributed by atoms with E-state index in [1.807, 2.05) is 0 Å². The van der Waals surface area contributed by atoms with Crippen LogP contribution in [-0.4, -0.2) is 26.6 Å². The summed E-state index contributed by atoms with van der Waals surface area (Å²) in [5.41, 5.74) is 4.98. The fraction of sp³-hybridized carbons (Fsp3) is 0.0667. The van der Waals surface area contributed by atoms with Crippen LogP contribution in [0.5, 0.6) is 0 Å². The maximum Gasteiger partial charge on any atom is 0.337 e. The van der Waals surface area contributed by atoms with Gasteiger partial charge in [0.2, 0.25) is 10.0 Å². The minimum atomic E-state index is -3.70. The number of sulfonamides is 1. The number of nitrogens with zero attached hydrogens (tertiary/aromatic N) is 1. The molecule has 0 fully saturated rings. The number of rotatable bonds is 5. The van der Waals surface area contributed by atoms with Gasteiger partial charge in [0.05, 0.1) is 11.9 Å². The topological polar surface area (TPSA) is 108 Å². The fourth-order valence-electron chi connectivity index (χ4n) is 1.80. The Kier molecular flexibility index (Phi) is 5.51. The number of amides is 3. The molecule has 2 aromatic rings. The summed E-state index contributed by atoms with van der Waals surface area (Å²) in [4.78, 5) is 23.6. The first-order valence-corrected chi connectivity index (χ1v) is 8.70. The second-order valence-electron chi connectivity index (χ2n) is 4.75. The SMILES string of the molecule is CS(=O)(=O)N(NNC(=O)NC(=O)c1ccccc1)c1ccccc1. The van der Waals surface area contributed by atoms with Crippen LogP contribution in [0.2, 0.25) is 0 Å². The smallest absolute Gasteiger partial charge is 0.273 e. The van der Waals surface area contributed by atoms with Gasteiger partial charge in [-0.15, -0.1) is 5.53 Å². The fourth-order valence-corrected chi connectivity index (χ4v) is 2.52. The summed E-state index contributed by atoms with van der Waals surface area (Å²) in [7, 11) is -3.70. The van der Waals surface area contributed by atoms with E-state index in [1.165, 1.54) is 0 Å². The summed E-state index contributed by atoms with van der Waals surface area (Å²) in [6.07, 6.45) is 0.974. The number of hydrazine groups is 2. The molecule has 0 saturated heterocycles. The minimum absolute atomic E-state index is 0.301. The number of hydrogen-bond acceptors (Lipinski definition) is 5. The zero-order chi connectivity index (χ0) is 17.6. The van der Waals surface area contributed by atoms with Crippen LogP contribution in [0.15, 0.2) is 60.7 Å². The Balaban J connectivity index is 1.99. The highest BCUT2D eigenvalue weighted by atomic mass is 32.2. The van der Waals surface area contributed by atoms with Crippen molar-refractivity contribution in [2.24, 2.45) is 0 Å². The molecular weight excluding hydrogens is 332 g/mol. The Hall–Kier alpha value is -2.91. The van der Waals surface area contributed by atoms with Crippen molar-refractivity contribution in [2.45, 2.75) is 0 Å². The number of imide groups is 1. The Bertz CT molecular complexity index is 810. The predicted molar refractivity (Wildman–Crippen MR) is 89.3 cm³/mol. The molecular formula is C15H16N4O4S. The summed E-state index contributed by atoms with van der Waals surface area (Å²) in [5.74, 6) is -0.611. The molecule has 0 aromatic heterocycles. The summed E-state index contributed by atoms with van der Waals surface area (Å²) < 4.78 is 24.4. The molecule has 0 aliphatic heterocycles. The van der Waals surface area contributed by atoms with Gasteiger partial charge in [0, 0.05) is 5.56 Å². The highest BCUT2D eigenvalue weighted by Gasteiger charge is 2.18. The first kappa shape index (κ1) is 17.4. The van der Waals surface area contributed by atoms with E-state index in [-0.39, 0.29) is 0 Å². The number of carbonyl (C=O) groups is 2. The van der Waals surface area contributed by atoms with Crippen LogP contribution < -0.4 is 20.7 Å². The van der Waals surface area contributed by atoms with Crippen molar-refractivity contribution in [1.82, 2.24) is 16.3 Å². The van der Waals surface area contributed by atoms with Crippen LogP contribution in [0.1, 0.15) is 10.4 Å². The van der Waals surface area contributed by atoms with E-state index in [9.17, 15) is 18.0 Å². The molecule has 3 N–H and O–H groups in total. The second-order valence-corrected chi connectivity index (χ2v) is 6.58. The van der Waals surface area contributed by atoms with Crippen LogP contribution in [0, 0.1) is 0 Å². The van der Waals surface area contributed by atoms with Crippen molar-refractivity contribution in [1.29, 1.82) is 0 Å². The number of urea groups is 1. The molecule has 0 bridgehead atoms. The lowest BCUT2D eigenvalue weighted by Crippen LogP contribution is -2.55. The molecule has 0 heterocycles. The number of anilines is 1. The highest BCUT2D eigenvalue weighted by Crippen LogP contribution is 2.13. The lowest BCUT2D eigenvalue weighted by atomic mass is 10.2. The number of hydrogen-bond donors (Lipinski definition) is 3. The average molecular weight is 348 g/mol. The van der Waals surface area contributed by atoms with Gasteiger partial charge >= 0.3 is 6.03 Å². The van der Waals surface area contributed by atoms with Gasteiger partial charge in [0.1, 0.15) is 0 Å². The standard InChI is InChI=1S/C15H16N4O4S/c1-24(22,23)19(13-10-6-3-7-11-13)18-17-15(21)16-14(20)12-8-4-2-5-9-12/h2-11,18H,1H3,(H2,16,17,20,21). The first-order valence-electron chi connectivity index (χ1n) is 6.85. The molecule has 3 amide bonds. The summed E-state index contributed by atoms with van der Waals surface area (Å²) in [6.45, 7) is 0. The van der Waals surface area contributed by atoms with Gasteiger partial charge in [-0.05, 0) is 24.3 Å². The lowest BCUT2D eigenvalue weighted by molar-refractivity contribution is 0.0963. The molecule has 0 aliphatic carbocycles. The van der Waals surface area contributed by atoms with Crippen molar-refractivity contribution < 1.29 is 18.0 Å². The first-order chi connectivity index (χ1) is 11.4. The Labute approximate surface area is 139 Å². The van der Waals surface area contributed by atoms with Gasteiger partial charge in [-0.2, -0.15) is 4.41 Å². The van der Waals surface area contributed by atoms with Gasteiger partial charge in [-0.1, -0.05) is 36.4 Å². The minimum Gasteiger partial charge on any atom is -0.273 e. The summed E-state index contributed by atoms with van der Waals surface area (Å²) >= 11 is 0. The average Bonchev–Trinajstić information content (AvgIpc) is 2.55. The third-order valence-electron chi connectivity index (χ3n) is 2.86. The monoisotopic (exact) mass is 348 g/mol. The van der Waals surface area contributed by atoms with Crippen molar-refractivity contribution in [2.75, 3.05) is 10.7 Å². The van der Waals surface area contributed by atoms with Gasteiger partial charge in [-0.25, -0.2) is 13.2 Å². The van der Waals surface area contributed by atoms with Crippen LogP contribution in [0.3, 0.4) is 0 Å². The van der Waals surface area contributed by atoms with Gasteiger partial charge < -0.3 is 0 Å². The number of carbonyl (C=O) groups excluding carboxylic acids is 2. The van der Waals surface area contributed by atoms with Crippen LogP contribution >= 0.6 is 0 Å². The van der Waals surface area contributed by atoms with E-state index < -0.39 is 22.0 Å². The molecule has 0 saturated carbocycles. The second kappa shape index (κ2) is 7.57. The van der Waals surface area contributed by atoms with Crippen molar-refractivity contribution in [3.63, 3.8) is 0 Å². The van der Waals surface area contributed by atoms with E-state index in [1.54, 1.807) is 60.7 Å². The molecule has 24 heavy (non-hydrogen) atoms. The molecule has 0 atom stereocenters. The van der Waals surface area contributed by atoms with Crippen LogP contribution in [0.25, 0.3) is 0 Å². The third kappa shape index (κ3) is 4.80. The molecule has 2 aromatic carbocycles. The number of nitrogens with one attached hydrogen (secondary N) is 3. The predicted octanol–water partition coefficient (Wildman–Crippen LogP) is 1.01. The quantitative estimate of drug-likeness (QED) is 0.699. The Morgan fingerprint density at radius 1 is 0.917 bits per heavy atom. The van der Waals surface area contributed by atoms with E-state index in [0.29, 0.717) is 11.3 Å². The number of benzene rings is 2. The van der Waals surface area contributed by atoms with E-state index >= 15 is 0 Å². The van der Waals surface area contributed by atoms with Crippen molar-refractivity contribution >= 4 is 27.6 Å². The zero-order valence-electron chi connectivity index (χ0n) is 12.8. The molecule has 0 spiro atoms. The molecule has 0 unspecified atom stereocenters. The Morgan fingerprint density at radius 2 is 1.46 bits per heavy atom. The van der Waals surface area contributed by atoms with Gasteiger partial charge in [0.25, 0.3) is 5.91 Å². The normalized spacial score (nSPS) is 10.7. The lowest BCUT2D eigenvalue weighted by Gasteiger charge is -2.23. The zero-order valence-corrected chi connectivity index (χ0v) is 13.6. The van der Waals surface area contributed by atoms with E-state index in [0.717, 1.165) is 10.7 Å². The number of para-hydroxylation sites is 1. The Morgan fingerprint density at radius 3 is 2.00 bits per heavy atom. The molecule has 0 radical (unpaired) electrons. The molecule has 9 heteroatoms. The van der Waals surface area contributed by atoms with Crippen LogP contribution in [-0.2, 0) is 10.0 Å². The largest absolute Gasteiger partial charge is 0.337 e. The summed E-state index contributed by atoms with van der Waals surface area (Å²) in [5, 5.41) is 2.08. The van der Waals surface area contributed by atoms with Gasteiger partial charge in [-0.3, -0.25) is 15.5 Å². The maximum atomic E-state index is 11.8. The molecule has 8 nitrogen and oxygen atoms in total. The molecule has 0 aliphatic rings. The van der Waals surface area contributed by atoms with Crippen molar-refractivity contribution in [3.8, 4) is 0 Å². The maximum absolute atomic E-state index is 11.8. The highest BCUT2D eigenvalue weighted by molar-refractivity contribution is 7.92. The van der Waals surface area contributed by atoms with E-state index in [2.05, 4.69) is 16.3 Å². The third-order valence-corrected chi connectivity index (χ3v) is 3.82. The molecule has 126 valence electrons. The van der Waals surface area contributed by atoms with Crippen molar-refractivity contribution in [3.05, 3.63) is 66.2 Å². The summed E-state index contributed by atoms with van der Waals surface area (Å²) in [6, 6.07) is 15.4. The van der Waals surface area contributed by atoms with Gasteiger partial charge in [0.15, 0.2) is 0 Å². The van der Waals surface area contributed by atoms with E-state index in [4.69, 9.17) is 0 Å².